The topological polar surface area (TPSA) is 51.2 Å². The third kappa shape index (κ3) is 3.62. The minimum Gasteiger partial charge on any atom is -0.378 e. The van der Waals surface area contributed by atoms with Gasteiger partial charge >= 0.3 is 0 Å². The average molecular weight is 341 g/mol. The molecule has 0 aliphatic rings. The van der Waals surface area contributed by atoms with Gasteiger partial charge in [-0.3, -0.25) is 4.79 Å². The van der Waals surface area contributed by atoms with Gasteiger partial charge < -0.3 is 10.1 Å². The summed E-state index contributed by atoms with van der Waals surface area (Å²) in [7, 11) is 1.61. The summed E-state index contributed by atoms with van der Waals surface area (Å²) in [5, 5.41) is 3.66. The standard InChI is InChI=1S/C13H13BrN2O2S/c1-8-12(19-11(15-8)7-18-2)13(17)16-10-5-3-4-9(14)6-10/h3-6H,7H2,1-2H3,(H,16,17). The highest BCUT2D eigenvalue weighted by atomic mass is 79.9. The second-order valence-electron chi connectivity index (χ2n) is 3.92. The van der Waals surface area contributed by atoms with Gasteiger partial charge in [0.1, 0.15) is 9.88 Å². The molecule has 0 fully saturated rings. The first-order chi connectivity index (χ1) is 9.10. The van der Waals surface area contributed by atoms with Crippen LogP contribution in [0.4, 0.5) is 5.69 Å². The highest BCUT2D eigenvalue weighted by molar-refractivity contribution is 9.10. The lowest BCUT2D eigenvalue weighted by atomic mass is 10.3. The van der Waals surface area contributed by atoms with Crippen LogP contribution in [0, 0.1) is 6.92 Å². The van der Waals surface area contributed by atoms with Crippen molar-refractivity contribution < 1.29 is 9.53 Å². The molecule has 1 aromatic heterocycles. The van der Waals surface area contributed by atoms with Crippen molar-refractivity contribution in [2.24, 2.45) is 0 Å². The highest BCUT2D eigenvalue weighted by Crippen LogP contribution is 2.21. The zero-order valence-electron chi connectivity index (χ0n) is 10.6. The number of anilines is 1. The monoisotopic (exact) mass is 340 g/mol. The summed E-state index contributed by atoms with van der Waals surface area (Å²) in [6, 6.07) is 7.47. The predicted octanol–water partition coefficient (Wildman–Crippen LogP) is 3.61. The molecule has 100 valence electrons. The number of carbonyl (C=O) groups is 1. The van der Waals surface area contributed by atoms with Crippen LogP contribution >= 0.6 is 27.3 Å². The van der Waals surface area contributed by atoms with E-state index in [4.69, 9.17) is 4.74 Å². The number of benzene rings is 1. The smallest absolute Gasteiger partial charge is 0.267 e. The lowest BCUT2D eigenvalue weighted by Gasteiger charge is -2.04. The van der Waals surface area contributed by atoms with Crippen LogP contribution in [0.15, 0.2) is 28.7 Å². The van der Waals surface area contributed by atoms with E-state index in [1.165, 1.54) is 11.3 Å². The van der Waals surface area contributed by atoms with Crippen LogP contribution < -0.4 is 5.32 Å². The summed E-state index contributed by atoms with van der Waals surface area (Å²) >= 11 is 4.73. The van der Waals surface area contributed by atoms with Crippen molar-refractivity contribution in [2.45, 2.75) is 13.5 Å². The summed E-state index contributed by atoms with van der Waals surface area (Å²) in [5.74, 6) is -0.143. The number of hydrogen-bond acceptors (Lipinski definition) is 4. The molecule has 6 heteroatoms. The SMILES string of the molecule is COCc1nc(C)c(C(=O)Nc2cccc(Br)c2)s1. The van der Waals surface area contributed by atoms with Crippen LogP contribution in [-0.4, -0.2) is 18.0 Å². The number of rotatable bonds is 4. The molecular formula is C13H13BrN2O2S. The number of hydrogen-bond donors (Lipinski definition) is 1. The Kier molecular flexibility index (Phi) is 4.68. The molecule has 0 bridgehead atoms. The van der Waals surface area contributed by atoms with Gasteiger partial charge in [0.05, 0.1) is 12.3 Å². The lowest BCUT2D eigenvalue weighted by Crippen LogP contribution is -2.11. The van der Waals surface area contributed by atoms with Crippen molar-refractivity contribution in [3.05, 3.63) is 44.3 Å². The highest BCUT2D eigenvalue weighted by Gasteiger charge is 2.15. The second-order valence-corrected chi connectivity index (χ2v) is 5.92. The Morgan fingerprint density at radius 2 is 2.32 bits per heavy atom. The van der Waals surface area contributed by atoms with E-state index in [2.05, 4.69) is 26.2 Å². The summed E-state index contributed by atoms with van der Waals surface area (Å²) in [4.78, 5) is 17.1. The van der Waals surface area contributed by atoms with Crippen LogP contribution in [0.25, 0.3) is 0 Å². The fourth-order valence-corrected chi connectivity index (χ4v) is 2.93. The number of aromatic nitrogens is 1. The minimum atomic E-state index is -0.143. The Hall–Kier alpha value is -1.24. The molecule has 4 nitrogen and oxygen atoms in total. The number of thiazole rings is 1. The fourth-order valence-electron chi connectivity index (χ4n) is 1.60. The Morgan fingerprint density at radius 3 is 3.00 bits per heavy atom. The maximum Gasteiger partial charge on any atom is 0.267 e. The molecule has 0 atom stereocenters. The molecule has 1 N–H and O–H groups in total. The van der Waals surface area contributed by atoms with Crippen LogP contribution in [0.1, 0.15) is 20.4 Å². The minimum absolute atomic E-state index is 0.143. The second kappa shape index (κ2) is 6.27. The third-order valence-corrected chi connectivity index (χ3v) is 4.02. The van der Waals surface area contributed by atoms with Crippen LogP contribution in [0.3, 0.4) is 0 Å². The first-order valence-corrected chi connectivity index (χ1v) is 7.23. The first-order valence-electron chi connectivity index (χ1n) is 5.62. The number of nitrogens with one attached hydrogen (secondary N) is 1. The molecule has 1 heterocycles. The van der Waals surface area contributed by atoms with Gasteiger partial charge in [0.15, 0.2) is 0 Å². The quantitative estimate of drug-likeness (QED) is 0.924. The van der Waals surface area contributed by atoms with Crippen molar-refractivity contribution in [1.82, 2.24) is 4.98 Å². The summed E-state index contributed by atoms with van der Waals surface area (Å²) < 4.78 is 5.94. The molecule has 0 aliphatic heterocycles. The zero-order valence-corrected chi connectivity index (χ0v) is 13.0. The van der Waals surface area contributed by atoms with Gasteiger partial charge in [0, 0.05) is 17.3 Å². The number of methoxy groups -OCH3 is 1. The molecule has 0 unspecified atom stereocenters. The molecule has 19 heavy (non-hydrogen) atoms. The maximum atomic E-state index is 12.2. The average Bonchev–Trinajstić information content (AvgIpc) is 2.71. The van der Waals surface area contributed by atoms with Crippen molar-refractivity contribution in [1.29, 1.82) is 0 Å². The molecule has 0 saturated heterocycles. The summed E-state index contributed by atoms with van der Waals surface area (Å²) in [6.45, 7) is 2.25. The maximum absolute atomic E-state index is 12.2. The van der Waals surface area contributed by atoms with Crippen LogP contribution in [0.2, 0.25) is 0 Å². The van der Waals surface area contributed by atoms with Crippen LogP contribution in [-0.2, 0) is 11.3 Å². The molecule has 2 aromatic rings. The van der Waals surface area contributed by atoms with Gasteiger partial charge in [-0.25, -0.2) is 4.98 Å². The van der Waals surface area contributed by atoms with E-state index in [1.54, 1.807) is 7.11 Å². The molecular weight excluding hydrogens is 328 g/mol. The number of ether oxygens (including phenoxy) is 1. The van der Waals surface area contributed by atoms with Gasteiger partial charge in [0.2, 0.25) is 0 Å². The largest absolute Gasteiger partial charge is 0.378 e. The van der Waals surface area contributed by atoms with Crippen molar-refractivity contribution in [3.63, 3.8) is 0 Å². The number of nitrogens with zero attached hydrogens (tertiary/aromatic N) is 1. The number of amides is 1. The first kappa shape index (κ1) is 14.2. The lowest BCUT2D eigenvalue weighted by molar-refractivity contribution is 0.103. The molecule has 1 amide bonds. The number of aryl methyl sites for hydroxylation is 1. The molecule has 2 rings (SSSR count). The molecule has 0 aliphatic carbocycles. The van der Waals surface area contributed by atoms with Gasteiger partial charge in [-0.15, -0.1) is 11.3 Å². The Bertz CT molecular complexity index is 598. The van der Waals surface area contributed by atoms with Gasteiger partial charge in [-0.2, -0.15) is 0 Å². The van der Waals surface area contributed by atoms with Crippen molar-refractivity contribution in [3.8, 4) is 0 Å². The van der Waals surface area contributed by atoms with E-state index in [0.717, 1.165) is 20.9 Å². The van der Waals surface area contributed by atoms with Gasteiger partial charge in [0.25, 0.3) is 5.91 Å². The Labute approximate surface area is 124 Å². The Balaban J connectivity index is 2.15. The fraction of sp³-hybridized carbons (Fsp3) is 0.231. The predicted molar refractivity (Wildman–Crippen MR) is 79.7 cm³/mol. The van der Waals surface area contributed by atoms with E-state index in [-0.39, 0.29) is 5.91 Å². The van der Waals surface area contributed by atoms with E-state index in [0.29, 0.717) is 11.5 Å². The summed E-state index contributed by atoms with van der Waals surface area (Å²) in [6.07, 6.45) is 0. The van der Waals surface area contributed by atoms with E-state index < -0.39 is 0 Å². The normalized spacial score (nSPS) is 10.5. The van der Waals surface area contributed by atoms with Crippen LogP contribution in [0.5, 0.6) is 0 Å². The third-order valence-electron chi connectivity index (χ3n) is 2.40. The number of halogens is 1. The molecule has 1 aromatic carbocycles. The van der Waals surface area contributed by atoms with E-state index in [1.807, 2.05) is 31.2 Å². The van der Waals surface area contributed by atoms with Crippen molar-refractivity contribution in [2.75, 3.05) is 12.4 Å². The van der Waals surface area contributed by atoms with Gasteiger partial charge in [-0.1, -0.05) is 22.0 Å². The van der Waals surface area contributed by atoms with Gasteiger partial charge in [-0.05, 0) is 25.1 Å². The van der Waals surface area contributed by atoms with Crippen molar-refractivity contribution >= 4 is 38.9 Å². The molecule has 0 radical (unpaired) electrons. The number of carbonyl (C=O) groups excluding carboxylic acids is 1. The molecule has 0 saturated carbocycles. The Morgan fingerprint density at radius 1 is 1.53 bits per heavy atom. The van der Waals surface area contributed by atoms with E-state index >= 15 is 0 Å². The van der Waals surface area contributed by atoms with E-state index in [9.17, 15) is 4.79 Å². The zero-order chi connectivity index (χ0) is 13.8. The molecule has 0 spiro atoms. The summed E-state index contributed by atoms with van der Waals surface area (Å²) in [5.41, 5.74) is 1.48.